The van der Waals surface area contributed by atoms with Crippen LogP contribution in [0, 0.1) is 0 Å². The van der Waals surface area contributed by atoms with Gasteiger partial charge in [-0.2, -0.15) is 0 Å². The van der Waals surface area contributed by atoms with E-state index in [-0.39, 0.29) is 12.3 Å². The zero-order valence-electron chi connectivity index (χ0n) is 16.8. The van der Waals surface area contributed by atoms with Crippen LogP contribution >= 0.6 is 0 Å². The van der Waals surface area contributed by atoms with E-state index >= 15 is 0 Å². The van der Waals surface area contributed by atoms with Crippen LogP contribution in [-0.4, -0.2) is 0 Å². The molecule has 2 heteroatoms. The molecular formula is C27H25NO. The summed E-state index contributed by atoms with van der Waals surface area (Å²) >= 11 is 0. The third-order valence-corrected chi connectivity index (χ3v) is 5.82. The van der Waals surface area contributed by atoms with Gasteiger partial charge in [0.25, 0.3) is 0 Å². The molecule has 0 fully saturated rings. The Labute approximate surface area is 172 Å². The van der Waals surface area contributed by atoms with Gasteiger partial charge in [0.05, 0.1) is 6.04 Å². The molecule has 0 spiro atoms. The third-order valence-electron chi connectivity index (χ3n) is 5.82. The van der Waals surface area contributed by atoms with Gasteiger partial charge in [0.1, 0.15) is 5.75 Å². The van der Waals surface area contributed by atoms with Crippen LogP contribution in [0.2, 0.25) is 0 Å². The van der Waals surface area contributed by atoms with E-state index in [1.165, 1.54) is 27.5 Å². The average molecular weight is 380 g/mol. The van der Waals surface area contributed by atoms with Gasteiger partial charge in [0.15, 0.2) is 6.23 Å². The maximum absolute atomic E-state index is 6.47. The molecule has 1 aliphatic heterocycles. The van der Waals surface area contributed by atoms with Gasteiger partial charge >= 0.3 is 0 Å². The van der Waals surface area contributed by atoms with Gasteiger partial charge in [0.2, 0.25) is 0 Å². The molecule has 2 nitrogen and oxygen atoms in total. The molecule has 4 aromatic carbocycles. The van der Waals surface area contributed by atoms with Crippen molar-refractivity contribution in [3.63, 3.8) is 0 Å². The molecule has 2 atom stereocenters. The van der Waals surface area contributed by atoms with Gasteiger partial charge in [0, 0.05) is 11.1 Å². The van der Waals surface area contributed by atoms with Gasteiger partial charge in [-0.1, -0.05) is 98.8 Å². The zero-order chi connectivity index (χ0) is 19.8. The molecule has 0 aromatic heterocycles. The van der Waals surface area contributed by atoms with Gasteiger partial charge < -0.3 is 4.74 Å². The smallest absolute Gasteiger partial charge is 0.177 e. The zero-order valence-corrected chi connectivity index (χ0v) is 16.8. The molecule has 5 rings (SSSR count). The number of nitrogens with one attached hydrogen (secondary N) is 1. The van der Waals surface area contributed by atoms with Crippen molar-refractivity contribution in [2.24, 2.45) is 0 Å². The van der Waals surface area contributed by atoms with Crippen molar-refractivity contribution in [1.29, 1.82) is 0 Å². The highest BCUT2D eigenvalue weighted by molar-refractivity contribution is 5.89. The van der Waals surface area contributed by atoms with E-state index in [0.717, 1.165) is 11.3 Å². The molecule has 29 heavy (non-hydrogen) atoms. The quantitative estimate of drug-likeness (QED) is 0.426. The number of rotatable bonds is 3. The molecule has 0 aliphatic carbocycles. The summed E-state index contributed by atoms with van der Waals surface area (Å²) in [6, 6.07) is 32.3. The SMILES string of the molecule is CC(C)c1ccc(C2NC(c3ccccc3)c3c(ccc4ccccc34)O2)cc1. The van der Waals surface area contributed by atoms with E-state index in [0.29, 0.717) is 5.92 Å². The summed E-state index contributed by atoms with van der Waals surface area (Å²) < 4.78 is 6.47. The third kappa shape index (κ3) is 3.30. The first-order valence-electron chi connectivity index (χ1n) is 10.3. The van der Waals surface area contributed by atoms with Crippen molar-refractivity contribution < 1.29 is 4.74 Å². The standard InChI is InChI=1S/C27H25NO/c1-18(2)19-12-14-22(15-13-19)27-28-26(21-9-4-3-5-10-21)25-23-11-7-6-8-20(23)16-17-24(25)29-27/h3-18,26-28H,1-2H3. The van der Waals surface area contributed by atoms with Gasteiger partial charge in [-0.05, 0) is 33.9 Å². The van der Waals surface area contributed by atoms with Gasteiger partial charge in [-0.15, -0.1) is 0 Å². The van der Waals surface area contributed by atoms with Gasteiger partial charge in [-0.3, -0.25) is 5.32 Å². The molecular weight excluding hydrogens is 354 g/mol. The highest BCUT2D eigenvalue weighted by Gasteiger charge is 2.31. The molecule has 1 N–H and O–H groups in total. The second-order valence-corrected chi connectivity index (χ2v) is 8.03. The van der Waals surface area contributed by atoms with Crippen LogP contribution in [0.1, 0.15) is 54.3 Å². The predicted molar refractivity (Wildman–Crippen MR) is 119 cm³/mol. The number of hydrogen-bond acceptors (Lipinski definition) is 2. The molecule has 4 aromatic rings. The van der Waals surface area contributed by atoms with Crippen molar-refractivity contribution in [1.82, 2.24) is 5.32 Å². The van der Waals surface area contributed by atoms with Crippen molar-refractivity contribution in [2.45, 2.75) is 32.0 Å². The molecule has 0 saturated heterocycles. The Bertz CT molecular complexity index is 1130. The molecule has 0 amide bonds. The van der Waals surface area contributed by atoms with Crippen molar-refractivity contribution in [2.75, 3.05) is 0 Å². The first-order valence-corrected chi connectivity index (χ1v) is 10.3. The van der Waals surface area contributed by atoms with E-state index in [2.05, 4.69) is 110 Å². The summed E-state index contributed by atoms with van der Waals surface area (Å²) in [4.78, 5) is 0. The normalized spacial score (nSPS) is 18.4. The van der Waals surface area contributed by atoms with Crippen LogP contribution in [-0.2, 0) is 0 Å². The monoisotopic (exact) mass is 379 g/mol. The average Bonchev–Trinajstić information content (AvgIpc) is 2.78. The van der Waals surface area contributed by atoms with Crippen LogP contribution in [0.4, 0.5) is 0 Å². The Morgan fingerprint density at radius 1 is 0.724 bits per heavy atom. The van der Waals surface area contributed by atoms with E-state index < -0.39 is 0 Å². The van der Waals surface area contributed by atoms with E-state index in [1.807, 2.05) is 0 Å². The fraction of sp³-hybridized carbons (Fsp3) is 0.185. The molecule has 0 saturated carbocycles. The summed E-state index contributed by atoms with van der Waals surface area (Å²) in [7, 11) is 0. The lowest BCUT2D eigenvalue weighted by molar-refractivity contribution is 0.133. The Morgan fingerprint density at radius 2 is 1.45 bits per heavy atom. The maximum Gasteiger partial charge on any atom is 0.177 e. The lowest BCUT2D eigenvalue weighted by Crippen LogP contribution is -2.35. The molecule has 0 bridgehead atoms. The second kappa shape index (κ2) is 7.38. The summed E-state index contributed by atoms with van der Waals surface area (Å²) in [5.74, 6) is 1.47. The predicted octanol–water partition coefficient (Wildman–Crippen LogP) is 6.73. The highest BCUT2D eigenvalue weighted by atomic mass is 16.5. The number of hydrogen-bond donors (Lipinski definition) is 1. The molecule has 144 valence electrons. The van der Waals surface area contributed by atoms with Crippen molar-refractivity contribution in [3.8, 4) is 5.75 Å². The highest BCUT2D eigenvalue weighted by Crippen LogP contribution is 2.42. The Hall–Kier alpha value is -3.10. The maximum atomic E-state index is 6.47. The summed E-state index contributed by atoms with van der Waals surface area (Å²) in [6.07, 6.45) is -0.185. The van der Waals surface area contributed by atoms with Crippen molar-refractivity contribution in [3.05, 3.63) is 113 Å². The summed E-state index contributed by atoms with van der Waals surface area (Å²) in [5.41, 5.74) is 4.95. The minimum atomic E-state index is -0.185. The first-order chi connectivity index (χ1) is 14.2. The lowest BCUT2D eigenvalue weighted by atomic mass is 9.91. The number of benzene rings is 4. The molecule has 2 unspecified atom stereocenters. The topological polar surface area (TPSA) is 21.3 Å². The number of fused-ring (bicyclic) bond motifs is 3. The fourth-order valence-electron chi connectivity index (χ4n) is 4.20. The summed E-state index contributed by atoms with van der Waals surface area (Å²) in [6.45, 7) is 4.44. The van der Waals surface area contributed by atoms with E-state index in [1.54, 1.807) is 0 Å². The fourth-order valence-corrected chi connectivity index (χ4v) is 4.20. The number of ether oxygens (including phenoxy) is 1. The van der Waals surface area contributed by atoms with E-state index in [4.69, 9.17) is 4.74 Å². The lowest BCUT2D eigenvalue weighted by Gasteiger charge is -2.35. The molecule has 1 heterocycles. The minimum absolute atomic E-state index is 0.0702. The second-order valence-electron chi connectivity index (χ2n) is 8.03. The molecule has 0 radical (unpaired) electrons. The van der Waals surface area contributed by atoms with Crippen LogP contribution < -0.4 is 10.1 Å². The van der Waals surface area contributed by atoms with Crippen LogP contribution in [0.3, 0.4) is 0 Å². The Balaban J connectivity index is 1.62. The van der Waals surface area contributed by atoms with Crippen LogP contribution in [0.25, 0.3) is 10.8 Å². The van der Waals surface area contributed by atoms with Crippen LogP contribution in [0.15, 0.2) is 91.0 Å². The largest absolute Gasteiger partial charge is 0.471 e. The Kier molecular flexibility index (Phi) is 4.57. The van der Waals surface area contributed by atoms with E-state index in [9.17, 15) is 0 Å². The molecule has 1 aliphatic rings. The van der Waals surface area contributed by atoms with Crippen LogP contribution in [0.5, 0.6) is 5.75 Å². The first kappa shape index (κ1) is 18.0. The Morgan fingerprint density at radius 3 is 2.21 bits per heavy atom. The minimum Gasteiger partial charge on any atom is -0.471 e. The van der Waals surface area contributed by atoms with Gasteiger partial charge in [-0.25, -0.2) is 0 Å². The summed E-state index contributed by atoms with van der Waals surface area (Å²) in [5, 5.41) is 6.23. The van der Waals surface area contributed by atoms with Crippen molar-refractivity contribution >= 4 is 10.8 Å².